The van der Waals surface area contributed by atoms with Crippen molar-refractivity contribution in [1.29, 1.82) is 0 Å². The Morgan fingerprint density at radius 2 is 0.893 bits per heavy atom. The minimum atomic E-state index is -0.0236. The van der Waals surface area contributed by atoms with Gasteiger partial charge in [0, 0.05) is 45.0 Å². The lowest BCUT2D eigenvalue weighted by molar-refractivity contribution is 0.607. The Labute approximate surface area is 331 Å². The molecule has 2 nitrogen and oxygen atoms in total. The first kappa shape index (κ1) is 34.1. The van der Waals surface area contributed by atoms with Crippen LogP contribution in [0.15, 0.2) is 188 Å². The molecule has 0 aliphatic heterocycles. The summed E-state index contributed by atoms with van der Waals surface area (Å²) in [4.78, 5) is 4.77. The molecule has 0 atom stereocenters. The van der Waals surface area contributed by atoms with Gasteiger partial charge < -0.3 is 9.80 Å². The molecule has 0 radical (unpaired) electrons. The van der Waals surface area contributed by atoms with Crippen LogP contribution < -0.4 is 9.80 Å². The van der Waals surface area contributed by atoms with Gasteiger partial charge in [0.25, 0.3) is 0 Å². The quantitative estimate of drug-likeness (QED) is 0.162. The fraction of sp³-hybridized carbons (Fsp3) is 0.148. The predicted octanol–water partition coefficient (Wildman–Crippen LogP) is 15.0. The van der Waals surface area contributed by atoms with Crippen LogP contribution in [-0.2, 0) is 10.8 Å². The van der Waals surface area contributed by atoms with Crippen molar-refractivity contribution in [3.05, 3.63) is 210 Å². The van der Waals surface area contributed by atoms with Gasteiger partial charge in [-0.3, -0.25) is 0 Å². The first-order chi connectivity index (χ1) is 27.3. The van der Waals surface area contributed by atoms with E-state index in [1.54, 1.807) is 5.57 Å². The third kappa shape index (κ3) is 5.46. The smallest absolute Gasteiger partial charge is 0.0468 e. The van der Waals surface area contributed by atoms with Gasteiger partial charge in [-0.15, -0.1) is 0 Å². The molecule has 10 rings (SSSR count). The summed E-state index contributed by atoms with van der Waals surface area (Å²) < 4.78 is 0. The maximum Gasteiger partial charge on any atom is 0.0468 e. The Balaban J connectivity index is 0.981. The molecule has 272 valence electrons. The third-order valence-electron chi connectivity index (χ3n) is 12.6. The summed E-state index contributed by atoms with van der Waals surface area (Å²) in [5.41, 5.74) is 20.5. The van der Waals surface area contributed by atoms with Crippen molar-refractivity contribution in [3.63, 3.8) is 0 Å². The Bertz CT molecular complexity index is 2660. The first-order valence-corrected chi connectivity index (χ1v) is 20.0. The highest BCUT2D eigenvalue weighted by molar-refractivity contribution is 5.90. The summed E-state index contributed by atoms with van der Waals surface area (Å²) in [5, 5.41) is 0. The van der Waals surface area contributed by atoms with Gasteiger partial charge >= 0.3 is 0 Å². The van der Waals surface area contributed by atoms with E-state index in [0.29, 0.717) is 0 Å². The van der Waals surface area contributed by atoms with E-state index in [-0.39, 0.29) is 10.8 Å². The maximum absolute atomic E-state index is 2.43. The van der Waals surface area contributed by atoms with E-state index < -0.39 is 0 Å². The molecule has 3 aliphatic rings. The number of hydrogen-bond acceptors (Lipinski definition) is 2. The zero-order valence-corrected chi connectivity index (χ0v) is 32.6. The van der Waals surface area contributed by atoms with Crippen LogP contribution in [-0.4, -0.2) is 0 Å². The van der Waals surface area contributed by atoms with E-state index in [4.69, 9.17) is 0 Å². The molecular formula is C54H46N2. The number of hydrogen-bond donors (Lipinski definition) is 0. The molecule has 3 aliphatic carbocycles. The van der Waals surface area contributed by atoms with Crippen LogP contribution in [0.3, 0.4) is 0 Å². The summed E-state index contributed by atoms with van der Waals surface area (Å²) in [6, 6.07) is 62.5. The van der Waals surface area contributed by atoms with Crippen LogP contribution >= 0.6 is 0 Å². The molecule has 0 spiro atoms. The standard InChI is InChI=1S/C54H46N2/c1-53(2)50-22-14-12-20-46(50)48-35-43(32-34-51(48)53)55(39-15-7-5-8-16-39)41-27-23-37(24-28-41)38-25-29-42(30-26-38)56(40-17-9-6-10-18-40)44-31-33-47-45-19-11-13-21-49(45)54(3,4)52(47)36-44/h5-12,14-20,22-36H,13,21H2,1-4H3. The number of nitrogens with zero attached hydrogens (tertiary/aromatic N) is 2. The first-order valence-electron chi connectivity index (χ1n) is 20.0. The number of benzene rings is 7. The summed E-state index contributed by atoms with van der Waals surface area (Å²) in [7, 11) is 0. The highest BCUT2D eigenvalue weighted by atomic mass is 15.1. The maximum atomic E-state index is 2.43. The summed E-state index contributed by atoms with van der Waals surface area (Å²) in [6.07, 6.45) is 6.94. The van der Waals surface area contributed by atoms with Crippen molar-refractivity contribution >= 4 is 39.7 Å². The molecule has 0 unspecified atom stereocenters. The highest BCUT2D eigenvalue weighted by Crippen LogP contribution is 2.53. The molecule has 0 fully saturated rings. The molecule has 0 aromatic heterocycles. The highest BCUT2D eigenvalue weighted by Gasteiger charge is 2.38. The van der Waals surface area contributed by atoms with Crippen LogP contribution in [0.1, 0.15) is 62.8 Å². The molecule has 0 saturated heterocycles. The minimum absolute atomic E-state index is 0.0167. The van der Waals surface area contributed by atoms with Crippen LogP contribution in [0.2, 0.25) is 0 Å². The second-order valence-electron chi connectivity index (χ2n) is 16.5. The van der Waals surface area contributed by atoms with Gasteiger partial charge in [-0.05, 0) is 136 Å². The second kappa shape index (κ2) is 13.1. The van der Waals surface area contributed by atoms with E-state index in [2.05, 4.69) is 220 Å². The summed E-state index contributed by atoms with van der Waals surface area (Å²) in [6.45, 7) is 9.47. The fourth-order valence-electron chi connectivity index (χ4n) is 9.65. The van der Waals surface area contributed by atoms with Gasteiger partial charge in [-0.25, -0.2) is 0 Å². The zero-order chi connectivity index (χ0) is 38.0. The fourth-order valence-corrected chi connectivity index (χ4v) is 9.65. The SMILES string of the molecule is CC1(C)C2=C(C=CCC2)c2ccc(N(c3ccccc3)c3ccc(-c4ccc(N(c5ccccc5)c5ccc6c(c5)-c5ccccc5C6(C)C)cc4)cc3)cc21. The van der Waals surface area contributed by atoms with Crippen molar-refractivity contribution in [2.45, 2.75) is 51.4 Å². The average Bonchev–Trinajstić information content (AvgIpc) is 3.61. The van der Waals surface area contributed by atoms with E-state index in [9.17, 15) is 0 Å². The largest absolute Gasteiger partial charge is 0.310 e. The lowest BCUT2D eigenvalue weighted by atomic mass is 9.78. The molecule has 0 N–H and O–H groups in total. The van der Waals surface area contributed by atoms with Crippen LogP contribution in [0.4, 0.5) is 34.1 Å². The molecule has 7 aromatic rings. The van der Waals surface area contributed by atoms with Gasteiger partial charge in [0.05, 0.1) is 0 Å². The molecule has 0 heterocycles. The lowest BCUT2D eigenvalue weighted by Gasteiger charge is -2.29. The van der Waals surface area contributed by atoms with E-state index in [1.165, 1.54) is 55.8 Å². The lowest BCUT2D eigenvalue weighted by Crippen LogP contribution is -2.18. The Hall–Kier alpha value is -6.38. The number of fused-ring (bicyclic) bond motifs is 5. The minimum Gasteiger partial charge on any atom is -0.310 e. The van der Waals surface area contributed by atoms with Crippen molar-refractivity contribution in [2.24, 2.45) is 0 Å². The Morgan fingerprint density at radius 3 is 1.52 bits per heavy atom. The van der Waals surface area contributed by atoms with Crippen LogP contribution in [0.5, 0.6) is 0 Å². The summed E-state index contributed by atoms with van der Waals surface area (Å²) >= 11 is 0. The van der Waals surface area contributed by atoms with E-state index in [1.807, 2.05) is 0 Å². The zero-order valence-electron chi connectivity index (χ0n) is 32.6. The van der Waals surface area contributed by atoms with Gasteiger partial charge in [0.15, 0.2) is 0 Å². The van der Waals surface area contributed by atoms with E-state index in [0.717, 1.165) is 41.3 Å². The number of rotatable bonds is 7. The van der Waals surface area contributed by atoms with Crippen LogP contribution in [0, 0.1) is 0 Å². The molecule has 0 saturated carbocycles. The average molecular weight is 723 g/mol. The number of para-hydroxylation sites is 2. The second-order valence-corrected chi connectivity index (χ2v) is 16.5. The van der Waals surface area contributed by atoms with Crippen molar-refractivity contribution in [3.8, 4) is 22.3 Å². The Morgan fingerprint density at radius 1 is 0.393 bits per heavy atom. The van der Waals surface area contributed by atoms with Crippen molar-refractivity contribution < 1.29 is 0 Å². The van der Waals surface area contributed by atoms with Gasteiger partial charge in [-0.1, -0.05) is 142 Å². The van der Waals surface area contributed by atoms with Crippen molar-refractivity contribution in [1.82, 2.24) is 0 Å². The van der Waals surface area contributed by atoms with Gasteiger partial charge in [0.1, 0.15) is 0 Å². The van der Waals surface area contributed by atoms with Gasteiger partial charge in [0.2, 0.25) is 0 Å². The topological polar surface area (TPSA) is 6.48 Å². The molecule has 7 aromatic carbocycles. The number of allylic oxidation sites excluding steroid dienone is 4. The number of anilines is 6. The molecule has 56 heavy (non-hydrogen) atoms. The van der Waals surface area contributed by atoms with Crippen molar-refractivity contribution in [2.75, 3.05) is 9.80 Å². The van der Waals surface area contributed by atoms with E-state index >= 15 is 0 Å². The van der Waals surface area contributed by atoms with Gasteiger partial charge in [-0.2, -0.15) is 0 Å². The predicted molar refractivity (Wildman–Crippen MR) is 237 cm³/mol. The normalized spacial score (nSPS) is 15.5. The third-order valence-corrected chi connectivity index (χ3v) is 12.6. The summed E-state index contributed by atoms with van der Waals surface area (Å²) in [5.74, 6) is 0. The molecule has 0 amide bonds. The molecule has 0 bridgehead atoms. The van der Waals surface area contributed by atoms with Crippen LogP contribution in [0.25, 0.3) is 27.8 Å². The molecular weight excluding hydrogens is 677 g/mol. The monoisotopic (exact) mass is 722 g/mol. The Kier molecular flexibility index (Phi) is 8.01. The molecule has 2 heteroatoms.